The number of hydrogen-bond acceptors (Lipinski definition) is 3. The van der Waals surface area contributed by atoms with E-state index in [0.717, 1.165) is 25.0 Å². The number of likely N-dealkylation sites (tertiary alicyclic amines) is 1. The number of hydrogen-bond donors (Lipinski definition) is 2. The van der Waals surface area contributed by atoms with E-state index in [2.05, 4.69) is 17.1 Å². The molecule has 3 heteroatoms. The van der Waals surface area contributed by atoms with Crippen molar-refractivity contribution in [3.8, 4) is 0 Å². The molecule has 0 aromatic heterocycles. The van der Waals surface area contributed by atoms with Crippen LogP contribution in [0.25, 0.3) is 0 Å². The Labute approximate surface area is 105 Å². The Morgan fingerprint density at radius 3 is 2.59 bits per heavy atom. The lowest BCUT2D eigenvalue weighted by molar-refractivity contribution is 0.0774. The summed E-state index contributed by atoms with van der Waals surface area (Å²) in [5.41, 5.74) is -0.000764. The lowest BCUT2D eigenvalue weighted by atomic mass is 9.92. The predicted molar refractivity (Wildman–Crippen MR) is 68.9 cm³/mol. The van der Waals surface area contributed by atoms with Crippen LogP contribution in [0.4, 0.5) is 0 Å². The Bertz CT molecular complexity index is 279. The molecule has 1 saturated heterocycles. The van der Waals surface area contributed by atoms with Gasteiger partial charge in [-0.1, -0.05) is 6.92 Å². The smallest absolute Gasteiger partial charge is 0.0628 e. The van der Waals surface area contributed by atoms with Gasteiger partial charge in [0, 0.05) is 19.1 Å². The average molecular weight is 238 g/mol. The van der Waals surface area contributed by atoms with E-state index in [-0.39, 0.29) is 5.54 Å². The number of likely N-dealkylation sites (N-methyl/N-ethyl adjacent to an activating group) is 1. The summed E-state index contributed by atoms with van der Waals surface area (Å²) in [6.45, 7) is 5.79. The maximum atomic E-state index is 9.86. The van der Waals surface area contributed by atoms with Crippen LogP contribution in [0.1, 0.15) is 39.0 Å². The van der Waals surface area contributed by atoms with Crippen molar-refractivity contribution in [2.75, 3.05) is 26.2 Å². The molecule has 3 nitrogen and oxygen atoms in total. The van der Waals surface area contributed by atoms with E-state index < -0.39 is 0 Å². The number of rotatable bonds is 6. The van der Waals surface area contributed by atoms with Gasteiger partial charge in [-0.15, -0.1) is 0 Å². The van der Waals surface area contributed by atoms with Crippen molar-refractivity contribution < 1.29 is 5.11 Å². The van der Waals surface area contributed by atoms with Crippen molar-refractivity contribution in [2.45, 2.75) is 50.6 Å². The lowest BCUT2D eigenvalue weighted by Gasteiger charge is -2.40. The van der Waals surface area contributed by atoms with E-state index in [0.29, 0.717) is 12.5 Å². The molecule has 17 heavy (non-hydrogen) atoms. The fraction of sp³-hybridized carbons (Fsp3) is 1.00. The molecule has 0 aromatic carbocycles. The molecule has 3 fully saturated rings. The van der Waals surface area contributed by atoms with Crippen LogP contribution in [0.2, 0.25) is 0 Å². The molecule has 3 rings (SSSR count). The average Bonchev–Trinajstić information content (AvgIpc) is 3.00. The first-order chi connectivity index (χ1) is 8.27. The van der Waals surface area contributed by atoms with Crippen molar-refractivity contribution in [3.63, 3.8) is 0 Å². The van der Waals surface area contributed by atoms with Crippen LogP contribution in [0, 0.1) is 11.8 Å². The van der Waals surface area contributed by atoms with Gasteiger partial charge >= 0.3 is 0 Å². The molecule has 0 spiro atoms. The van der Waals surface area contributed by atoms with Gasteiger partial charge in [0.1, 0.15) is 0 Å². The second-order valence-corrected chi connectivity index (χ2v) is 6.38. The van der Waals surface area contributed by atoms with Crippen molar-refractivity contribution in [1.82, 2.24) is 10.2 Å². The monoisotopic (exact) mass is 238 g/mol. The molecular formula is C14H26N2O. The summed E-state index contributed by atoms with van der Waals surface area (Å²) in [4.78, 5) is 2.66. The van der Waals surface area contributed by atoms with Crippen LogP contribution in [-0.4, -0.2) is 47.8 Å². The number of fused-ring (bicyclic) bond motifs is 2. The van der Waals surface area contributed by atoms with Gasteiger partial charge in [-0.25, -0.2) is 0 Å². The molecule has 3 unspecified atom stereocenters. The minimum atomic E-state index is -0.000764. The summed E-state index contributed by atoms with van der Waals surface area (Å²) in [7, 11) is 0. The largest absolute Gasteiger partial charge is 0.394 e. The van der Waals surface area contributed by atoms with Crippen LogP contribution in [-0.2, 0) is 0 Å². The van der Waals surface area contributed by atoms with Crippen molar-refractivity contribution in [3.05, 3.63) is 0 Å². The van der Waals surface area contributed by atoms with Crippen LogP contribution >= 0.6 is 0 Å². The first-order valence-corrected chi connectivity index (χ1v) is 7.37. The van der Waals surface area contributed by atoms with Crippen molar-refractivity contribution in [2.24, 2.45) is 11.8 Å². The van der Waals surface area contributed by atoms with Gasteiger partial charge < -0.3 is 10.4 Å². The molecule has 2 bridgehead atoms. The molecule has 2 saturated carbocycles. The van der Waals surface area contributed by atoms with Crippen molar-refractivity contribution >= 4 is 0 Å². The normalized spacial score (nSPS) is 36.4. The molecule has 2 aliphatic carbocycles. The fourth-order valence-electron chi connectivity index (χ4n) is 4.14. The van der Waals surface area contributed by atoms with E-state index in [9.17, 15) is 5.11 Å². The predicted octanol–water partition coefficient (Wildman–Crippen LogP) is 1.22. The molecular weight excluding hydrogens is 212 g/mol. The summed E-state index contributed by atoms with van der Waals surface area (Å²) in [5.74, 6) is 1.67. The maximum absolute atomic E-state index is 9.86. The number of aliphatic hydroxyl groups is 1. The van der Waals surface area contributed by atoms with Crippen LogP contribution in [0.3, 0.4) is 0 Å². The zero-order valence-corrected chi connectivity index (χ0v) is 11.0. The van der Waals surface area contributed by atoms with E-state index in [1.54, 1.807) is 0 Å². The fourth-order valence-corrected chi connectivity index (χ4v) is 4.14. The Morgan fingerprint density at radius 1 is 1.29 bits per heavy atom. The minimum Gasteiger partial charge on any atom is -0.394 e. The second-order valence-electron chi connectivity index (χ2n) is 6.38. The number of nitrogens with zero attached hydrogens (tertiary/aromatic N) is 1. The zero-order valence-electron chi connectivity index (χ0n) is 11.0. The zero-order chi connectivity index (χ0) is 11.9. The number of nitrogens with one attached hydrogen (secondary N) is 1. The number of aliphatic hydroxyl groups excluding tert-OH is 1. The number of piperidine rings is 1. The van der Waals surface area contributed by atoms with Crippen molar-refractivity contribution in [1.29, 1.82) is 0 Å². The summed E-state index contributed by atoms with van der Waals surface area (Å²) in [6.07, 6.45) is 6.85. The van der Waals surface area contributed by atoms with Crippen LogP contribution < -0.4 is 5.32 Å². The molecule has 1 heterocycles. The van der Waals surface area contributed by atoms with E-state index in [1.807, 2.05) is 0 Å². The second kappa shape index (κ2) is 4.52. The van der Waals surface area contributed by atoms with E-state index >= 15 is 0 Å². The highest BCUT2D eigenvalue weighted by atomic mass is 16.3. The third-order valence-electron chi connectivity index (χ3n) is 5.18. The topological polar surface area (TPSA) is 35.5 Å². The standard InChI is InChI=1S/C14H26N2O/c1-2-15-14(10-17,12-4-5-12)9-16-8-11-3-6-13(16)7-11/h11-13,15,17H,2-10H2,1H3. The summed E-state index contributed by atoms with van der Waals surface area (Å²) in [6, 6.07) is 0.823. The highest BCUT2D eigenvalue weighted by molar-refractivity contribution is 5.05. The highest BCUT2D eigenvalue weighted by Crippen LogP contribution is 2.43. The Hall–Kier alpha value is -0.120. The molecule has 3 aliphatic rings. The Balaban J connectivity index is 1.67. The quantitative estimate of drug-likeness (QED) is 0.730. The summed E-state index contributed by atoms with van der Waals surface area (Å²) in [5, 5.41) is 13.5. The SMILES string of the molecule is CCNC(CO)(CN1CC2CCC1C2)C1CC1. The Morgan fingerprint density at radius 2 is 2.12 bits per heavy atom. The van der Waals surface area contributed by atoms with Gasteiger partial charge in [-0.3, -0.25) is 4.90 Å². The van der Waals surface area contributed by atoms with Crippen LogP contribution in [0.5, 0.6) is 0 Å². The molecule has 98 valence electrons. The van der Waals surface area contributed by atoms with Crippen LogP contribution in [0.15, 0.2) is 0 Å². The molecule has 3 atom stereocenters. The third-order valence-corrected chi connectivity index (χ3v) is 5.18. The van der Waals surface area contributed by atoms with Gasteiger partial charge in [-0.2, -0.15) is 0 Å². The maximum Gasteiger partial charge on any atom is 0.0628 e. The summed E-state index contributed by atoms with van der Waals surface area (Å²) >= 11 is 0. The first kappa shape index (κ1) is 11.9. The lowest BCUT2D eigenvalue weighted by Crippen LogP contribution is -2.59. The molecule has 0 amide bonds. The molecule has 2 N–H and O–H groups in total. The molecule has 1 aliphatic heterocycles. The Kier molecular flexibility index (Phi) is 3.18. The van der Waals surface area contributed by atoms with E-state index in [4.69, 9.17) is 0 Å². The van der Waals surface area contributed by atoms with Gasteiger partial charge in [0.15, 0.2) is 0 Å². The highest BCUT2D eigenvalue weighted by Gasteiger charge is 2.48. The third kappa shape index (κ3) is 2.13. The van der Waals surface area contributed by atoms with E-state index in [1.165, 1.54) is 38.6 Å². The van der Waals surface area contributed by atoms with Gasteiger partial charge in [-0.05, 0) is 50.5 Å². The molecule has 0 aromatic rings. The first-order valence-electron chi connectivity index (χ1n) is 7.37. The minimum absolute atomic E-state index is 0.000764. The van der Waals surface area contributed by atoms with Gasteiger partial charge in [0.2, 0.25) is 0 Å². The van der Waals surface area contributed by atoms with Gasteiger partial charge in [0.25, 0.3) is 0 Å². The molecule has 0 radical (unpaired) electrons. The summed E-state index contributed by atoms with van der Waals surface area (Å²) < 4.78 is 0. The van der Waals surface area contributed by atoms with Gasteiger partial charge in [0.05, 0.1) is 12.1 Å².